The Hall–Kier alpha value is -2.22. The molecule has 0 N–H and O–H groups in total. The SMILES string of the molecule is CCCCCc1cc2c(OCCC)c3ccccc3c(OCCC)c2cc1CCCCC. The van der Waals surface area contributed by atoms with Crippen molar-refractivity contribution in [3.8, 4) is 11.5 Å². The summed E-state index contributed by atoms with van der Waals surface area (Å²) in [6.07, 6.45) is 11.9. The number of hydrogen-bond donors (Lipinski definition) is 0. The monoisotopic (exact) mass is 434 g/mol. The number of ether oxygens (including phenoxy) is 2. The molecule has 0 aliphatic carbocycles. The number of fused-ring (bicyclic) bond motifs is 2. The molecule has 0 unspecified atom stereocenters. The molecule has 0 saturated heterocycles. The minimum Gasteiger partial charge on any atom is -0.492 e. The molecule has 0 spiro atoms. The first-order valence-corrected chi connectivity index (χ1v) is 13.0. The summed E-state index contributed by atoms with van der Waals surface area (Å²) in [5.41, 5.74) is 3.00. The Morgan fingerprint density at radius 1 is 0.531 bits per heavy atom. The second kappa shape index (κ2) is 12.7. The van der Waals surface area contributed by atoms with E-state index in [9.17, 15) is 0 Å². The number of benzene rings is 3. The van der Waals surface area contributed by atoms with Crippen molar-refractivity contribution >= 4 is 21.5 Å². The molecular weight excluding hydrogens is 392 g/mol. The summed E-state index contributed by atoms with van der Waals surface area (Å²) in [6.45, 7) is 10.4. The molecule has 3 rings (SSSR count). The zero-order valence-corrected chi connectivity index (χ0v) is 20.8. The molecular formula is C30H42O2. The van der Waals surface area contributed by atoms with E-state index in [-0.39, 0.29) is 0 Å². The minimum atomic E-state index is 0.734. The maximum absolute atomic E-state index is 6.40. The van der Waals surface area contributed by atoms with Gasteiger partial charge in [-0.15, -0.1) is 0 Å². The highest BCUT2D eigenvalue weighted by Gasteiger charge is 2.18. The summed E-state index contributed by atoms with van der Waals surface area (Å²) in [5.74, 6) is 2.05. The Morgan fingerprint density at radius 3 is 1.34 bits per heavy atom. The van der Waals surface area contributed by atoms with Crippen LogP contribution in [0.4, 0.5) is 0 Å². The van der Waals surface area contributed by atoms with Gasteiger partial charge < -0.3 is 9.47 Å². The highest BCUT2D eigenvalue weighted by Crippen LogP contribution is 2.44. The third kappa shape index (κ3) is 5.77. The summed E-state index contributed by atoms with van der Waals surface area (Å²) < 4.78 is 12.8. The van der Waals surface area contributed by atoms with Crippen molar-refractivity contribution in [3.63, 3.8) is 0 Å². The lowest BCUT2D eigenvalue weighted by atomic mass is 9.91. The summed E-state index contributed by atoms with van der Waals surface area (Å²) in [6, 6.07) is 13.5. The Labute approximate surface area is 195 Å². The van der Waals surface area contributed by atoms with Gasteiger partial charge in [-0.1, -0.05) is 77.6 Å². The molecule has 3 aromatic rings. The van der Waals surface area contributed by atoms with Crippen molar-refractivity contribution in [1.29, 1.82) is 0 Å². The molecule has 0 amide bonds. The van der Waals surface area contributed by atoms with Crippen LogP contribution >= 0.6 is 0 Å². The number of aryl methyl sites for hydroxylation is 2. The maximum Gasteiger partial charge on any atom is 0.135 e. The molecule has 0 radical (unpaired) electrons. The van der Waals surface area contributed by atoms with Crippen molar-refractivity contribution in [2.45, 2.75) is 91.9 Å². The van der Waals surface area contributed by atoms with E-state index < -0.39 is 0 Å². The van der Waals surface area contributed by atoms with Crippen LogP contribution in [0.15, 0.2) is 36.4 Å². The molecule has 3 aromatic carbocycles. The second-order valence-corrected chi connectivity index (χ2v) is 8.98. The molecule has 32 heavy (non-hydrogen) atoms. The summed E-state index contributed by atoms with van der Waals surface area (Å²) >= 11 is 0. The van der Waals surface area contributed by atoms with Gasteiger partial charge in [-0.3, -0.25) is 0 Å². The van der Waals surface area contributed by atoms with Crippen molar-refractivity contribution in [2.75, 3.05) is 13.2 Å². The molecule has 0 bridgehead atoms. The van der Waals surface area contributed by atoms with Crippen molar-refractivity contribution < 1.29 is 9.47 Å². The van der Waals surface area contributed by atoms with E-state index in [4.69, 9.17) is 9.47 Å². The normalized spacial score (nSPS) is 11.4. The van der Waals surface area contributed by atoms with Crippen LogP contribution < -0.4 is 9.47 Å². The predicted octanol–water partition coefficient (Wildman–Crippen LogP) is 9.04. The minimum absolute atomic E-state index is 0.734. The lowest BCUT2D eigenvalue weighted by Gasteiger charge is -2.20. The molecule has 0 saturated carbocycles. The van der Waals surface area contributed by atoms with Gasteiger partial charge in [0.2, 0.25) is 0 Å². The van der Waals surface area contributed by atoms with Crippen LogP contribution in [-0.4, -0.2) is 13.2 Å². The van der Waals surface area contributed by atoms with Crippen molar-refractivity contribution in [1.82, 2.24) is 0 Å². The first-order valence-electron chi connectivity index (χ1n) is 13.0. The van der Waals surface area contributed by atoms with Gasteiger partial charge in [0.05, 0.1) is 13.2 Å². The van der Waals surface area contributed by atoms with E-state index >= 15 is 0 Å². The lowest BCUT2D eigenvalue weighted by molar-refractivity contribution is 0.319. The highest BCUT2D eigenvalue weighted by atomic mass is 16.5. The van der Waals surface area contributed by atoms with Gasteiger partial charge in [0, 0.05) is 21.5 Å². The molecule has 0 heterocycles. The van der Waals surface area contributed by atoms with Gasteiger partial charge >= 0.3 is 0 Å². The van der Waals surface area contributed by atoms with Gasteiger partial charge in [0.15, 0.2) is 0 Å². The average molecular weight is 435 g/mol. The van der Waals surface area contributed by atoms with Gasteiger partial charge in [-0.2, -0.15) is 0 Å². The Kier molecular flexibility index (Phi) is 9.71. The van der Waals surface area contributed by atoms with Gasteiger partial charge in [-0.05, 0) is 61.8 Å². The molecule has 174 valence electrons. The maximum atomic E-state index is 6.40. The molecule has 0 aliphatic rings. The van der Waals surface area contributed by atoms with Crippen LogP contribution in [0, 0.1) is 0 Å². The highest BCUT2D eigenvalue weighted by molar-refractivity contribution is 6.11. The van der Waals surface area contributed by atoms with Crippen LogP contribution in [0.1, 0.15) is 90.2 Å². The van der Waals surface area contributed by atoms with E-state index in [1.165, 1.54) is 60.4 Å². The van der Waals surface area contributed by atoms with E-state index in [1.807, 2.05) is 0 Å². The quantitative estimate of drug-likeness (QED) is 0.186. The fraction of sp³-hybridized carbons (Fsp3) is 0.533. The van der Waals surface area contributed by atoms with Gasteiger partial charge in [0.1, 0.15) is 11.5 Å². The third-order valence-corrected chi connectivity index (χ3v) is 6.25. The van der Waals surface area contributed by atoms with Crippen molar-refractivity contribution in [2.24, 2.45) is 0 Å². The van der Waals surface area contributed by atoms with Crippen LogP contribution in [0.3, 0.4) is 0 Å². The van der Waals surface area contributed by atoms with Gasteiger partial charge in [0.25, 0.3) is 0 Å². The summed E-state index contributed by atoms with van der Waals surface area (Å²) in [7, 11) is 0. The van der Waals surface area contributed by atoms with Crippen LogP contribution in [-0.2, 0) is 12.8 Å². The second-order valence-electron chi connectivity index (χ2n) is 8.98. The Bertz CT molecular complexity index is 909. The van der Waals surface area contributed by atoms with Gasteiger partial charge in [-0.25, -0.2) is 0 Å². The lowest BCUT2D eigenvalue weighted by Crippen LogP contribution is -2.03. The Balaban J connectivity index is 2.24. The van der Waals surface area contributed by atoms with E-state index in [0.717, 1.165) is 61.2 Å². The van der Waals surface area contributed by atoms with E-state index in [2.05, 4.69) is 64.1 Å². The van der Waals surface area contributed by atoms with Crippen molar-refractivity contribution in [3.05, 3.63) is 47.5 Å². The standard InChI is InChI=1S/C30H42O2/c1-5-9-11-15-23-21-27-28(22-24(23)16-12-10-6-2)30(32-20-8-4)26-18-14-13-17-25(26)29(27)31-19-7-3/h13-14,17-18,21-22H,5-12,15-16,19-20H2,1-4H3. The smallest absolute Gasteiger partial charge is 0.135 e. The fourth-order valence-electron chi connectivity index (χ4n) is 4.55. The van der Waals surface area contributed by atoms with E-state index in [1.54, 1.807) is 0 Å². The molecule has 0 aliphatic heterocycles. The largest absolute Gasteiger partial charge is 0.492 e. The molecule has 2 heteroatoms. The topological polar surface area (TPSA) is 18.5 Å². The number of rotatable bonds is 14. The third-order valence-electron chi connectivity index (χ3n) is 6.25. The predicted molar refractivity (Wildman–Crippen MR) is 139 cm³/mol. The summed E-state index contributed by atoms with van der Waals surface area (Å²) in [4.78, 5) is 0. The van der Waals surface area contributed by atoms with Crippen LogP contribution in [0.2, 0.25) is 0 Å². The molecule has 0 aromatic heterocycles. The number of hydrogen-bond acceptors (Lipinski definition) is 2. The first-order chi connectivity index (χ1) is 15.7. The molecule has 0 atom stereocenters. The zero-order valence-electron chi connectivity index (χ0n) is 20.8. The number of unbranched alkanes of at least 4 members (excludes halogenated alkanes) is 4. The van der Waals surface area contributed by atoms with Crippen LogP contribution in [0.5, 0.6) is 11.5 Å². The fourth-order valence-corrected chi connectivity index (χ4v) is 4.55. The average Bonchev–Trinajstić information content (AvgIpc) is 2.82. The van der Waals surface area contributed by atoms with Crippen LogP contribution in [0.25, 0.3) is 21.5 Å². The molecule has 2 nitrogen and oxygen atoms in total. The van der Waals surface area contributed by atoms with E-state index in [0.29, 0.717) is 0 Å². The summed E-state index contributed by atoms with van der Waals surface area (Å²) in [5, 5.41) is 4.76. The Morgan fingerprint density at radius 2 is 0.969 bits per heavy atom. The molecule has 0 fully saturated rings. The zero-order chi connectivity index (χ0) is 22.8. The first kappa shape index (κ1) is 24.4.